The molecule has 16 heavy (non-hydrogen) atoms. The lowest BCUT2D eigenvalue weighted by Crippen LogP contribution is -2.14. The Morgan fingerprint density at radius 1 is 1.50 bits per heavy atom. The maximum absolute atomic E-state index is 12.2. The third-order valence-electron chi connectivity index (χ3n) is 2.25. The van der Waals surface area contributed by atoms with Gasteiger partial charge in [-0.15, -0.1) is 0 Å². The van der Waals surface area contributed by atoms with Gasteiger partial charge in [0.25, 0.3) is 0 Å². The minimum Gasteiger partial charge on any atom is -0.381 e. The molecule has 1 aliphatic heterocycles. The molecular formula is C8H10F3N3OS. The first-order valence-corrected chi connectivity index (χ1v) is 5.55. The van der Waals surface area contributed by atoms with Crippen molar-refractivity contribution in [3.8, 4) is 0 Å². The molecule has 0 radical (unpaired) electrons. The maximum atomic E-state index is 12.2. The first-order valence-electron chi connectivity index (χ1n) is 4.78. The van der Waals surface area contributed by atoms with Gasteiger partial charge in [0.05, 0.1) is 6.61 Å². The van der Waals surface area contributed by atoms with Crippen molar-refractivity contribution in [3.63, 3.8) is 0 Å². The van der Waals surface area contributed by atoms with Gasteiger partial charge in [-0.1, -0.05) is 0 Å². The lowest BCUT2D eigenvalue weighted by Gasteiger charge is -2.06. The molecule has 2 rings (SSSR count). The van der Waals surface area contributed by atoms with Gasteiger partial charge in [0.15, 0.2) is 0 Å². The first kappa shape index (κ1) is 11.6. The van der Waals surface area contributed by atoms with E-state index in [2.05, 4.69) is 14.7 Å². The summed E-state index contributed by atoms with van der Waals surface area (Å²) in [6.45, 7) is 1.95. The fraction of sp³-hybridized carbons (Fsp3) is 0.750. The Morgan fingerprint density at radius 2 is 2.31 bits per heavy atom. The number of anilines is 1. The summed E-state index contributed by atoms with van der Waals surface area (Å²) in [4.78, 5) is 3.37. The molecule has 4 nitrogen and oxygen atoms in total. The predicted molar refractivity (Wildman–Crippen MR) is 52.3 cm³/mol. The minimum absolute atomic E-state index is 0.208. The first-order chi connectivity index (χ1) is 7.55. The van der Waals surface area contributed by atoms with E-state index < -0.39 is 12.0 Å². The summed E-state index contributed by atoms with van der Waals surface area (Å²) in [5.41, 5.74) is 0. The number of rotatable bonds is 3. The van der Waals surface area contributed by atoms with Crippen LogP contribution in [0.1, 0.15) is 12.2 Å². The quantitative estimate of drug-likeness (QED) is 0.895. The van der Waals surface area contributed by atoms with Gasteiger partial charge < -0.3 is 10.1 Å². The van der Waals surface area contributed by atoms with E-state index in [9.17, 15) is 13.2 Å². The highest BCUT2D eigenvalue weighted by Gasteiger charge is 2.36. The van der Waals surface area contributed by atoms with E-state index >= 15 is 0 Å². The van der Waals surface area contributed by atoms with Crippen molar-refractivity contribution in [2.75, 3.05) is 25.1 Å². The largest absolute Gasteiger partial charge is 0.452 e. The Morgan fingerprint density at radius 3 is 2.88 bits per heavy atom. The molecule has 1 saturated heterocycles. The van der Waals surface area contributed by atoms with Gasteiger partial charge in [-0.2, -0.15) is 22.5 Å². The Balaban J connectivity index is 1.87. The number of halogens is 3. The van der Waals surface area contributed by atoms with Crippen LogP contribution in [0.4, 0.5) is 18.3 Å². The van der Waals surface area contributed by atoms with E-state index in [4.69, 9.17) is 4.74 Å². The number of nitrogens with one attached hydrogen (secondary N) is 1. The van der Waals surface area contributed by atoms with Crippen LogP contribution in [-0.2, 0) is 10.9 Å². The molecule has 1 aromatic rings. The van der Waals surface area contributed by atoms with Gasteiger partial charge in [0, 0.05) is 30.6 Å². The van der Waals surface area contributed by atoms with Crippen LogP contribution in [-0.4, -0.2) is 29.1 Å². The van der Waals surface area contributed by atoms with Gasteiger partial charge >= 0.3 is 6.18 Å². The van der Waals surface area contributed by atoms with E-state index in [1.807, 2.05) is 0 Å². The summed E-state index contributed by atoms with van der Waals surface area (Å²) in [6, 6.07) is 0. The molecule has 0 aromatic carbocycles. The third kappa shape index (κ3) is 2.82. The van der Waals surface area contributed by atoms with E-state index in [0.717, 1.165) is 24.6 Å². The number of ether oxygens (including phenoxy) is 1. The Hall–Kier alpha value is -0.890. The second-order valence-electron chi connectivity index (χ2n) is 3.53. The topological polar surface area (TPSA) is 47.0 Å². The van der Waals surface area contributed by atoms with Gasteiger partial charge in [-0.3, -0.25) is 0 Å². The summed E-state index contributed by atoms with van der Waals surface area (Å²) < 4.78 is 44.9. The van der Waals surface area contributed by atoms with Crippen molar-refractivity contribution >= 4 is 16.7 Å². The van der Waals surface area contributed by atoms with Crippen LogP contribution in [0.2, 0.25) is 0 Å². The summed E-state index contributed by atoms with van der Waals surface area (Å²) in [7, 11) is 0. The zero-order chi connectivity index (χ0) is 11.6. The zero-order valence-corrected chi connectivity index (χ0v) is 9.07. The Labute approximate surface area is 94.0 Å². The molecule has 1 unspecified atom stereocenters. The van der Waals surface area contributed by atoms with Crippen molar-refractivity contribution in [2.45, 2.75) is 12.6 Å². The van der Waals surface area contributed by atoms with Crippen LogP contribution in [0.5, 0.6) is 0 Å². The molecule has 8 heteroatoms. The number of hydrogen-bond donors (Lipinski definition) is 1. The predicted octanol–water partition coefficient (Wildman–Crippen LogP) is 2.01. The summed E-state index contributed by atoms with van der Waals surface area (Å²) in [5, 5.41) is 3.05. The van der Waals surface area contributed by atoms with E-state index in [-0.39, 0.29) is 5.13 Å². The summed E-state index contributed by atoms with van der Waals surface area (Å²) in [5.74, 6) is -0.735. The Kier molecular flexibility index (Phi) is 3.29. The molecule has 0 saturated carbocycles. The molecule has 0 bridgehead atoms. The van der Waals surface area contributed by atoms with E-state index in [0.29, 0.717) is 19.1 Å². The van der Waals surface area contributed by atoms with Gasteiger partial charge in [-0.05, 0) is 6.42 Å². The van der Waals surface area contributed by atoms with Gasteiger partial charge in [0.1, 0.15) is 0 Å². The van der Waals surface area contributed by atoms with Crippen molar-refractivity contribution in [2.24, 2.45) is 5.92 Å². The monoisotopic (exact) mass is 253 g/mol. The van der Waals surface area contributed by atoms with Crippen LogP contribution in [0, 0.1) is 5.92 Å². The minimum atomic E-state index is -4.47. The summed E-state index contributed by atoms with van der Waals surface area (Å²) in [6.07, 6.45) is -3.54. The smallest absolute Gasteiger partial charge is 0.381 e. The highest BCUT2D eigenvalue weighted by Crippen LogP contribution is 2.29. The van der Waals surface area contributed by atoms with Crippen LogP contribution >= 0.6 is 11.5 Å². The standard InChI is InChI=1S/C8H10F3N3OS/c9-8(10,11)6-13-7(16-14-6)12-3-5-1-2-15-4-5/h5H,1-4H2,(H,12,13,14). The molecule has 1 atom stereocenters. The van der Waals surface area contributed by atoms with Crippen molar-refractivity contribution in [3.05, 3.63) is 5.82 Å². The van der Waals surface area contributed by atoms with Crippen molar-refractivity contribution in [1.82, 2.24) is 9.36 Å². The van der Waals surface area contributed by atoms with Gasteiger partial charge in [-0.25, -0.2) is 0 Å². The second-order valence-corrected chi connectivity index (χ2v) is 4.28. The highest BCUT2D eigenvalue weighted by atomic mass is 32.1. The number of aromatic nitrogens is 2. The molecule has 90 valence electrons. The molecular weight excluding hydrogens is 243 g/mol. The molecule has 0 spiro atoms. The lowest BCUT2D eigenvalue weighted by atomic mass is 10.1. The molecule has 0 amide bonds. The van der Waals surface area contributed by atoms with Gasteiger partial charge in [0.2, 0.25) is 11.0 Å². The van der Waals surface area contributed by atoms with E-state index in [1.54, 1.807) is 0 Å². The van der Waals surface area contributed by atoms with Crippen LogP contribution in [0.15, 0.2) is 0 Å². The molecule has 1 aromatic heterocycles. The number of nitrogens with zero attached hydrogens (tertiary/aromatic N) is 2. The normalized spacial score (nSPS) is 21.3. The van der Waals surface area contributed by atoms with Crippen molar-refractivity contribution < 1.29 is 17.9 Å². The number of hydrogen-bond acceptors (Lipinski definition) is 5. The molecule has 1 aliphatic rings. The molecule has 1 N–H and O–H groups in total. The maximum Gasteiger partial charge on any atom is 0.452 e. The van der Waals surface area contributed by atoms with E-state index in [1.165, 1.54) is 0 Å². The Bertz CT molecular complexity index is 349. The highest BCUT2D eigenvalue weighted by molar-refractivity contribution is 7.09. The van der Waals surface area contributed by atoms with Crippen LogP contribution < -0.4 is 5.32 Å². The molecule has 2 heterocycles. The third-order valence-corrected chi connectivity index (χ3v) is 2.92. The average Bonchev–Trinajstić information content (AvgIpc) is 2.85. The average molecular weight is 253 g/mol. The second kappa shape index (κ2) is 4.54. The SMILES string of the molecule is FC(F)(F)c1nsc(NCC2CCOC2)n1. The molecule has 0 aliphatic carbocycles. The zero-order valence-electron chi connectivity index (χ0n) is 8.25. The number of alkyl halides is 3. The van der Waals surface area contributed by atoms with Crippen LogP contribution in [0.3, 0.4) is 0 Å². The molecule has 1 fully saturated rings. The fourth-order valence-corrected chi connectivity index (χ4v) is 1.98. The lowest BCUT2D eigenvalue weighted by molar-refractivity contribution is -0.144. The van der Waals surface area contributed by atoms with Crippen LogP contribution in [0.25, 0.3) is 0 Å². The van der Waals surface area contributed by atoms with Crippen molar-refractivity contribution in [1.29, 1.82) is 0 Å². The fourth-order valence-electron chi connectivity index (χ4n) is 1.39. The summed E-state index contributed by atoms with van der Waals surface area (Å²) >= 11 is 0.727.